The van der Waals surface area contributed by atoms with E-state index >= 15 is 0 Å². The average molecular weight is 235 g/mol. The Morgan fingerprint density at radius 1 is 0.833 bits per heavy atom. The molecule has 2 heteroatoms. The van der Waals surface area contributed by atoms with Gasteiger partial charge in [-0.25, -0.2) is 4.98 Å². The van der Waals surface area contributed by atoms with Gasteiger partial charge in [-0.3, -0.25) is 0 Å². The maximum atomic E-state index is 5.18. The topological polar surface area (TPSA) is 22.1 Å². The first-order valence-corrected chi connectivity index (χ1v) is 5.87. The summed E-state index contributed by atoms with van der Waals surface area (Å²) in [5.41, 5.74) is 2.07. The van der Waals surface area contributed by atoms with Gasteiger partial charge in [-0.15, -0.1) is 0 Å². The van der Waals surface area contributed by atoms with E-state index in [1.165, 1.54) is 10.8 Å². The molecule has 0 atom stereocenters. The molecule has 1 heterocycles. The number of hydrogen-bond acceptors (Lipinski definition) is 2. The molecule has 0 spiro atoms. The lowest BCUT2D eigenvalue weighted by Gasteiger charge is -2.07. The van der Waals surface area contributed by atoms with E-state index in [4.69, 9.17) is 4.74 Å². The van der Waals surface area contributed by atoms with Crippen LogP contribution in [0.2, 0.25) is 0 Å². The molecule has 1 aromatic heterocycles. The van der Waals surface area contributed by atoms with Crippen molar-refractivity contribution in [3.05, 3.63) is 60.7 Å². The summed E-state index contributed by atoms with van der Waals surface area (Å²) in [6.07, 6.45) is 0. The van der Waals surface area contributed by atoms with Gasteiger partial charge in [-0.2, -0.15) is 0 Å². The lowest BCUT2D eigenvalue weighted by atomic mass is 10.0. The van der Waals surface area contributed by atoms with E-state index in [1.807, 2.05) is 30.3 Å². The first kappa shape index (κ1) is 10.8. The molecule has 3 rings (SSSR count). The number of methoxy groups -OCH3 is 1. The van der Waals surface area contributed by atoms with Crippen LogP contribution in [0, 0.1) is 0 Å². The molecule has 0 fully saturated rings. The van der Waals surface area contributed by atoms with Crippen molar-refractivity contribution in [2.24, 2.45) is 0 Å². The van der Waals surface area contributed by atoms with Gasteiger partial charge >= 0.3 is 0 Å². The van der Waals surface area contributed by atoms with Crippen LogP contribution < -0.4 is 4.74 Å². The van der Waals surface area contributed by atoms with Crippen LogP contribution in [-0.4, -0.2) is 12.1 Å². The second-order valence-electron chi connectivity index (χ2n) is 4.09. The number of nitrogens with zero attached hydrogens (tertiary/aromatic N) is 1. The summed E-state index contributed by atoms with van der Waals surface area (Å²) < 4.78 is 5.18. The molecule has 0 aliphatic carbocycles. The van der Waals surface area contributed by atoms with E-state index in [0.717, 1.165) is 11.3 Å². The zero-order chi connectivity index (χ0) is 12.4. The Kier molecular flexibility index (Phi) is 2.69. The predicted molar refractivity (Wildman–Crippen MR) is 73.7 cm³/mol. The van der Waals surface area contributed by atoms with Crippen LogP contribution in [0.1, 0.15) is 0 Å². The van der Waals surface area contributed by atoms with Crippen molar-refractivity contribution in [3.8, 4) is 17.1 Å². The highest BCUT2D eigenvalue weighted by molar-refractivity contribution is 5.95. The molecule has 2 aromatic carbocycles. The lowest BCUT2D eigenvalue weighted by Crippen LogP contribution is -1.90. The standard InChI is InChI=1S/C16H13NO/c1-18-16-11-5-10-15(17-16)14-9-4-7-12-6-2-3-8-13(12)14/h2-11H,1H3. The van der Waals surface area contributed by atoms with E-state index in [2.05, 4.69) is 35.3 Å². The summed E-state index contributed by atoms with van der Waals surface area (Å²) in [5, 5.41) is 2.43. The number of pyridine rings is 1. The van der Waals surface area contributed by atoms with Crippen LogP contribution in [0.3, 0.4) is 0 Å². The molecule has 88 valence electrons. The second kappa shape index (κ2) is 4.49. The molecule has 0 radical (unpaired) electrons. The third-order valence-corrected chi connectivity index (χ3v) is 3.00. The maximum absolute atomic E-state index is 5.18. The van der Waals surface area contributed by atoms with Gasteiger partial charge in [-0.1, -0.05) is 48.5 Å². The van der Waals surface area contributed by atoms with Gasteiger partial charge in [-0.05, 0) is 16.8 Å². The van der Waals surface area contributed by atoms with Crippen molar-refractivity contribution in [1.82, 2.24) is 4.98 Å². The highest BCUT2D eigenvalue weighted by Crippen LogP contribution is 2.28. The SMILES string of the molecule is COc1cccc(-c2cccc3ccccc23)n1. The van der Waals surface area contributed by atoms with Gasteiger partial charge in [0.05, 0.1) is 12.8 Å². The summed E-state index contributed by atoms with van der Waals surface area (Å²) in [5.74, 6) is 0.639. The number of fused-ring (bicyclic) bond motifs is 1. The van der Waals surface area contributed by atoms with Crippen LogP contribution in [-0.2, 0) is 0 Å². The lowest BCUT2D eigenvalue weighted by molar-refractivity contribution is 0.398. The Morgan fingerprint density at radius 3 is 2.50 bits per heavy atom. The molecule has 0 amide bonds. The minimum Gasteiger partial charge on any atom is -0.481 e. The van der Waals surface area contributed by atoms with Gasteiger partial charge in [0.15, 0.2) is 0 Å². The summed E-state index contributed by atoms with van der Waals surface area (Å²) in [4.78, 5) is 4.49. The Balaban J connectivity index is 2.24. The van der Waals surface area contributed by atoms with E-state index in [-0.39, 0.29) is 0 Å². The second-order valence-corrected chi connectivity index (χ2v) is 4.09. The summed E-state index contributed by atoms with van der Waals surface area (Å²) in [6, 6.07) is 20.4. The van der Waals surface area contributed by atoms with Crippen LogP contribution in [0.5, 0.6) is 5.88 Å². The molecule has 0 aliphatic rings. The Hall–Kier alpha value is -2.35. The zero-order valence-corrected chi connectivity index (χ0v) is 10.1. The summed E-state index contributed by atoms with van der Waals surface area (Å²) in [7, 11) is 1.63. The molecular formula is C16H13NO. The van der Waals surface area contributed by atoms with Crippen molar-refractivity contribution < 1.29 is 4.74 Å². The molecule has 0 N–H and O–H groups in total. The van der Waals surface area contributed by atoms with Crippen molar-refractivity contribution in [1.29, 1.82) is 0 Å². The van der Waals surface area contributed by atoms with Crippen molar-refractivity contribution in [2.45, 2.75) is 0 Å². The average Bonchev–Trinajstić information content (AvgIpc) is 2.47. The molecule has 0 unspecified atom stereocenters. The molecule has 3 aromatic rings. The molecule has 0 saturated heterocycles. The Bertz CT molecular complexity index is 686. The predicted octanol–water partition coefficient (Wildman–Crippen LogP) is 3.91. The fourth-order valence-electron chi connectivity index (χ4n) is 2.13. The van der Waals surface area contributed by atoms with Crippen LogP contribution in [0.15, 0.2) is 60.7 Å². The highest BCUT2D eigenvalue weighted by atomic mass is 16.5. The highest BCUT2D eigenvalue weighted by Gasteiger charge is 2.05. The number of benzene rings is 2. The minimum atomic E-state index is 0.639. The first-order chi connectivity index (χ1) is 8.88. The van der Waals surface area contributed by atoms with Crippen molar-refractivity contribution in [3.63, 3.8) is 0 Å². The summed E-state index contributed by atoms with van der Waals surface area (Å²) in [6.45, 7) is 0. The number of aromatic nitrogens is 1. The van der Waals surface area contributed by atoms with Crippen LogP contribution in [0.4, 0.5) is 0 Å². The Morgan fingerprint density at radius 2 is 1.61 bits per heavy atom. The van der Waals surface area contributed by atoms with E-state index < -0.39 is 0 Å². The quantitative estimate of drug-likeness (QED) is 0.671. The fourth-order valence-corrected chi connectivity index (χ4v) is 2.13. The molecule has 0 bridgehead atoms. The third kappa shape index (κ3) is 1.82. The van der Waals surface area contributed by atoms with Gasteiger partial charge in [0.25, 0.3) is 0 Å². The third-order valence-electron chi connectivity index (χ3n) is 3.00. The smallest absolute Gasteiger partial charge is 0.213 e. The first-order valence-electron chi connectivity index (χ1n) is 5.87. The minimum absolute atomic E-state index is 0.639. The number of rotatable bonds is 2. The fraction of sp³-hybridized carbons (Fsp3) is 0.0625. The van der Waals surface area contributed by atoms with Gasteiger partial charge in [0.2, 0.25) is 5.88 Å². The van der Waals surface area contributed by atoms with Gasteiger partial charge in [0.1, 0.15) is 0 Å². The molecule has 2 nitrogen and oxygen atoms in total. The van der Waals surface area contributed by atoms with E-state index in [0.29, 0.717) is 5.88 Å². The van der Waals surface area contributed by atoms with Crippen molar-refractivity contribution >= 4 is 10.8 Å². The molecular weight excluding hydrogens is 222 g/mol. The van der Waals surface area contributed by atoms with E-state index in [1.54, 1.807) is 7.11 Å². The van der Waals surface area contributed by atoms with E-state index in [9.17, 15) is 0 Å². The number of ether oxygens (including phenoxy) is 1. The van der Waals surface area contributed by atoms with Gasteiger partial charge < -0.3 is 4.74 Å². The van der Waals surface area contributed by atoms with Crippen LogP contribution in [0.25, 0.3) is 22.0 Å². The van der Waals surface area contributed by atoms with Crippen LogP contribution >= 0.6 is 0 Å². The molecule has 0 saturated carbocycles. The van der Waals surface area contributed by atoms with Gasteiger partial charge in [0, 0.05) is 11.6 Å². The normalized spacial score (nSPS) is 10.5. The Labute approximate surface area is 106 Å². The number of hydrogen-bond donors (Lipinski definition) is 0. The monoisotopic (exact) mass is 235 g/mol. The zero-order valence-electron chi connectivity index (χ0n) is 10.1. The van der Waals surface area contributed by atoms with Crippen molar-refractivity contribution in [2.75, 3.05) is 7.11 Å². The maximum Gasteiger partial charge on any atom is 0.213 e. The molecule has 18 heavy (non-hydrogen) atoms. The summed E-state index contributed by atoms with van der Waals surface area (Å²) >= 11 is 0. The molecule has 0 aliphatic heterocycles. The largest absolute Gasteiger partial charge is 0.481 e.